The quantitative estimate of drug-likeness (QED) is 0.759. The molecule has 1 aromatic rings. The lowest BCUT2D eigenvalue weighted by atomic mass is 10.2. The maximum atomic E-state index is 5.34. The van der Waals surface area contributed by atoms with Crippen molar-refractivity contribution in [3.8, 4) is 0 Å². The third kappa shape index (κ3) is 4.26. The zero-order chi connectivity index (χ0) is 8.10. The smallest absolute Gasteiger partial charge is 0.0731 e. The van der Waals surface area contributed by atoms with Crippen molar-refractivity contribution < 1.29 is 0 Å². The van der Waals surface area contributed by atoms with E-state index in [9.17, 15) is 0 Å². The zero-order valence-electron chi connectivity index (χ0n) is 6.56. The lowest BCUT2D eigenvalue weighted by molar-refractivity contribution is 0.974. The number of hydrogen-bond donors (Lipinski definition) is 1. The first-order valence-electron chi connectivity index (χ1n) is 3.47. The molecule has 1 heterocycles. The zero-order valence-corrected chi connectivity index (χ0v) is 8.20. The van der Waals surface area contributed by atoms with Crippen molar-refractivity contribution in [3.05, 3.63) is 30.1 Å². The van der Waals surface area contributed by atoms with Crippen LogP contribution < -0.4 is 5.73 Å². The van der Waals surface area contributed by atoms with Gasteiger partial charge in [0.05, 0.1) is 4.99 Å². The van der Waals surface area contributed by atoms with Crippen LogP contribution in [0.2, 0.25) is 0 Å². The molecule has 0 saturated carbocycles. The molecule has 66 valence electrons. The molecule has 2 nitrogen and oxygen atoms in total. The number of halogens is 1. The van der Waals surface area contributed by atoms with E-state index in [-0.39, 0.29) is 12.4 Å². The fraction of sp³-hybridized carbons (Fsp3) is 0.250. The molecule has 0 radical (unpaired) electrons. The first-order chi connectivity index (χ1) is 5.29. The Morgan fingerprint density at radius 3 is 2.75 bits per heavy atom. The van der Waals surface area contributed by atoms with Crippen LogP contribution in [0.15, 0.2) is 24.4 Å². The Balaban J connectivity index is 0.00000121. The SMILES string of the molecule is Cl.NC(=S)CCc1ccccn1. The molecule has 0 aromatic carbocycles. The highest BCUT2D eigenvalue weighted by molar-refractivity contribution is 7.80. The highest BCUT2D eigenvalue weighted by atomic mass is 35.5. The molecule has 0 aliphatic rings. The molecule has 2 N–H and O–H groups in total. The van der Waals surface area contributed by atoms with Crippen LogP contribution in [0.3, 0.4) is 0 Å². The second kappa shape index (κ2) is 5.91. The molecule has 0 aliphatic heterocycles. The summed E-state index contributed by atoms with van der Waals surface area (Å²) in [6, 6.07) is 5.82. The van der Waals surface area contributed by atoms with Gasteiger partial charge in [-0.15, -0.1) is 12.4 Å². The summed E-state index contributed by atoms with van der Waals surface area (Å²) in [5.74, 6) is 0. The molecular weight excluding hydrogens is 192 g/mol. The maximum Gasteiger partial charge on any atom is 0.0731 e. The van der Waals surface area contributed by atoms with Crippen LogP contribution >= 0.6 is 24.6 Å². The van der Waals surface area contributed by atoms with Gasteiger partial charge in [0.2, 0.25) is 0 Å². The molecule has 0 bridgehead atoms. The first-order valence-corrected chi connectivity index (χ1v) is 3.88. The van der Waals surface area contributed by atoms with Gasteiger partial charge in [-0.05, 0) is 18.6 Å². The van der Waals surface area contributed by atoms with Gasteiger partial charge in [-0.2, -0.15) is 0 Å². The lowest BCUT2D eigenvalue weighted by Crippen LogP contribution is -2.08. The fourth-order valence-corrected chi connectivity index (χ4v) is 0.899. The molecule has 0 spiro atoms. The number of nitrogens with zero attached hydrogens (tertiary/aromatic N) is 1. The number of aryl methyl sites for hydroxylation is 1. The Morgan fingerprint density at radius 1 is 1.50 bits per heavy atom. The predicted octanol–water partition coefficient (Wildman–Crippen LogP) is 1.72. The highest BCUT2D eigenvalue weighted by Crippen LogP contribution is 1.97. The largest absolute Gasteiger partial charge is 0.393 e. The lowest BCUT2D eigenvalue weighted by Gasteiger charge is -1.96. The van der Waals surface area contributed by atoms with E-state index in [0.29, 0.717) is 4.99 Å². The van der Waals surface area contributed by atoms with Gasteiger partial charge in [0.1, 0.15) is 0 Å². The van der Waals surface area contributed by atoms with E-state index in [2.05, 4.69) is 4.98 Å². The number of aromatic nitrogens is 1. The predicted molar refractivity (Wildman–Crippen MR) is 56.6 cm³/mol. The molecule has 1 rings (SSSR count). The number of thiocarbonyl (C=S) groups is 1. The van der Waals surface area contributed by atoms with Crippen LogP contribution in [0.4, 0.5) is 0 Å². The third-order valence-electron chi connectivity index (χ3n) is 1.35. The van der Waals surface area contributed by atoms with E-state index < -0.39 is 0 Å². The molecule has 0 unspecified atom stereocenters. The summed E-state index contributed by atoms with van der Waals surface area (Å²) in [7, 11) is 0. The van der Waals surface area contributed by atoms with Crippen molar-refractivity contribution in [3.63, 3.8) is 0 Å². The van der Waals surface area contributed by atoms with Crippen LogP contribution in [0.5, 0.6) is 0 Å². The van der Waals surface area contributed by atoms with Crippen molar-refractivity contribution >= 4 is 29.6 Å². The van der Waals surface area contributed by atoms with Gasteiger partial charge >= 0.3 is 0 Å². The number of rotatable bonds is 3. The Hall–Kier alpha value is -0.670. The van der Waals surface area contributed by atoms with E-state index >= 15 is 0 Å². The van der Waals surface area contributed by atoms with Crippen LogP contribution in [0.1, 0.15) is 12.1 Å². The minimum atomic E-state index is 0. The first kappa shape index (κ1) is 11.3. The van der Waals surface area contributed by atoms with E-state index in [4.69, 9.17) is 18.0 Å². The molecule has 12 heavy (non-hydrogen) atoms. The van der Waals surface area contributed by atoms with Gasteiger partial charge in [-0.3, -0.25) is 4.98 Å². The second-order valence-electron chi connectivity index (χ2n) is 2.29. The van der Waals surface area contributed by atoms with E-state index in [1.165, 1.54) is 0 Å². The maximum absolute atomic E-state index is 5.34. The van der Waals surface area contributed by atoms with Gasteiger partial charge in [0.25, 0.3) is 0 Å². The van der Waals surface area contributed by atoms with E-state index in [1.54, 1.807) is 6.20 Å². The summed E-state index contributed by atoms with van der Waals surface area (Å²) >= 11 is 4.74. The van der Waals surface area contributed by atoms with Gasteiger partial charge in [0, 0.05) is 18.3 Å². The normalized spacial score (nSPS) is 8.67. The van der Waals surface area contributed by atoms with Crippen molar-refractivity contribution in [1.82, 2.24) is 4.98 Å². The Bertz CT molecular complexity index is 238. The number of pyridine rings is 1. The van der Waals surface area contributed by atoms with Crippen molar-refractivity contribution in [1.29, 1.82) is 0 Å². The third-order valence-corrected chi connectivity index (χ3v) is 1.56. The summed E-state index contributed by atoms with van der Waals surface area (Å²) in [4.78, 5) is 4.69. The van der Waals surface area contributed by atoms with Crippen LogP contribution in [0, 0.1) is 0 Å². The van der Waals surface area contributed by atoms with Crippen molar-refractivity contribution in [2.75, 3.05) is 0 Å². The van der Waals surface area contributed by atoms with Gasteiger partial charge in [0.15, 0.2) is 0 Å². The Morgan fingerprint density at radius 2 is 2.25 bits per heavy atom. The summed E-state index contributed by atoms with van der Waals surface area (Å²) in [5, 5.41) is 0. The molecule has 0 fully saturated rings. The van der Waals surface area contributed by atoms with Crippen LogP contribution in [0.25, 0.3) is 0 Å². The average molecular weight is 203 g/mol. The van der Waals surface area contributed by atoms with E-state index in [0.717, 1.165) is 18.5 Å². The summed E-state index contributed by atoms with van der Waals surface area (Å²) in [5.41, 5.74) is 6.39. The molecule has 1 aromatic heterocycles. The van der Waals surface area contributed by atoms with Gasteiger partial charge < -0.3 is 5.73 Å². The average Bonchev–Trinajstić information content (AvgIpc) is 2.03. The minimum absolute atomic E-state index is 0. The molecule has 0 aliphatic carbocycles. The summed E-state index contributed by atoms with van der Waals surface area (Å²) in [6.07, 6.45) is 3.36. The molecule has 4 heteroatoms. The number of nitrogens with two attached hydrogens (primary N) is 1. The number of hydrogen-bond acceptors (Lipinski definition) is 2. The van der Waals surface area contributed by atoms with Crippen LogP contribution in [-0.2, 0) is 6.42 Å². The van der Waals surface area contributed by atoms with Gasteiger partial charge in [-0.25, -0.2) is 0 Å². The monoisotopic (exact) mass is 202 g/mol. The highest BCUT2D eigenvalue weighted by Gasteiger charge is 1.93. The minimum Gasteiger partial charge on any atom is -0.393 e. The second-order valence-corrected chi connectivity index (χ2v) is 2.81. The van der Waals surface area contributed by atoms with Gasteiger partial charge in [-0.1, -0.05) is 18.3 Å². The van der Waals surface area contributed by atoms with Crippen molar-refractivity contribution in [2.45, 2.75) is 12.8 Å². The topological polar surface area (TPSA) is 38.9 Å². The van der Waals surface area contributed by atoms with Crippen LogP contribution in [-0.4, -0.2) is 9.97 Å². The molecule has 0 atom stereocenters. The van der Waals surface area contributed by atoms with E-state index in [1.807, 2.05) is 18.2 Å². The fourth-order valence-electron chi connectivity index (χ4n) is 0.797. The Labute approximate surface area is 83.6 Å². The standard InChI is InChI=1S/C8H10N2S.ClH/c9-8(11)5-4-7-3-1-2-6-10-7;/h1-3,6H,4-5H2,(H2,9,11);1H. The van der Waals surface area contributed by atoms with Crippen molar-refractivity contribution in [2.24, 2.45) is 5.73 Å². The Kier molecular flexibility index (Phi) is 5.58. The summed E-state index contributed by atoms with van der Waals surface area (Å²) < 4.78 is 0. The molecule has 0 amide bonds. The molecular formula is C8H11ClN2S. The summed E-state index contributed by atoms with van der Waals surface area (Å²) in [6.45, 7) is 0. The molecule has 0 saturated heterocycles.